The summed E-state index contributed by atoms with van der Waals surface area (Å²) in [6.07, 6.45) is 3.06. The first kappa shape index (κ1) is 15.8. The van der Waals surface area contributed by atoms with Crippen LogP contribution in [-0.2, 0) is 12.8 Å². The van der Waals surface area contributed by atoms with E-state index in [0.717, 1.165) is 30.4 Å². The van der Waals surface area contributed by atoms with Crippen LogP contribution in [0.4, 0.5) is 5.00 Å². The number of carbonyl (C=O) groups is 1. The zero-order chi connectivity index (χ0) is 16.6. The van der Waals surface area contributed by atoms with Crippen molar-refractivity contribution in [3.8, 4) is 6.07 Å². The molecule has 1 aliphatic carbocycles. The van der Waals surface area contributed by atoms with E-state index in [2.05, 4.69) is 18.3 Å². The van der Waals surface area contributed by atoms with Crippen molar-refractivity contribution in [2.75, 3.05) is 5.32 Å². The Morgan fingerprint density at radius 1 is 1.35 bits per heavy atom. The van der Waals surface area contributed by atoms with Crippen LogP contribution in [0.3, 0.4) is 0 Å². The molecule has 1 aliphatic rings. The summed E-state index contributed by atoms with van der Waals surface area (Å²) >= 11 is 1.57. The number of thiophene rings is 1. The standard InChI is InChI=1S/C19H20N2OS/c1-11-4-7-15-16(10-20)19(23-17(15)8-11)21-18(22)14-6-5-12(2)13(3)9-14/h5-6,9,11H,4,7-8H2,1-3H3,(H,21,22)/t11-/m1/s1. The van der Waals surface area contributed by atoms with E-state index in [1.54, 1.807) is 11.3 Å². The van der Waals surface area contributed by atoms with Crippen LogP contribution >= 0.6 is 11.3 Å². The number of carbonyl (C=O) groups excluding carboxylic acids is 1. The Morgan fingerprint density at radius 3 is 2.83 bits per heavy atom. The Bertz CT molecular complexity index is 814. The van der Waals surface area contributed by atoms with E-state index in [4.69, 9.17) is 0 Å². The average molecular weight is 324 g/mol. The number of amides is 1. The zero-order valence-corrected chi connectivity index (χ0v) is 14.5. The molecule has 3 nitrogen and oxygen atoms in total. The van der Waals surface area contributed by atoms with Gasteiger partial charge < -0.3 is 5.32 Å². The second kappa shape index (κ2) is 6.17. The number of hydrogen-bond acceptors (Lipinski definition) is 3. The van der Waals surface area contributed by atoms with Gasteiger partial charge in [-0.3, -0.25) is 4.79 Å². The minimum atomic E-state index is -0.142. The first-order valence-corrected chi connectivity index (χ1v) is 8.74. The number of nitriles is 1. The van der Waals surface area contributed by atoms with Gasteiger partial charge in [-0.1, -0.05) is 13.0 Å². The molecule has 118 valence electrons. The Labute approximate surface area is 141 Å². The van der Waals surface area contributed by atoms with Crippen LogP contribution in [0.15, 0.2) is 18.2 Å². The average Bonchev–Trinajstić information content (AvgIpc) is 2.85. The van der Waals surface area contributed by atoms with Crippen molar-refractivity contribution in [2.45, 2.75) is 40.0 Å². The van der Waals surface area contributed by atoms with Crippen molar-refractivity contribution in [3.05, 3.63) is 50.9 Å². The van der Waals surface area contributed by atoms with Crippen molar-refractivity contribution in [2.24, 2.45) is 5.92 Å². The predicted octanol–water partition coefficient (Wildman–Crippen LogP) is 4.61. The third kappa shape index (κ3) is 3.02. The van der Waals surface area contributed by atoms with E-state index >= 15 is 0 Å². The van der Waals surface area contributed by atoms with Crippen molar-refractivity contribution in [1.82, 2.24) is 0 Å². The highest BCUT2D eigenvalue weighted by Gasteiger charge is 2.24. The van der Waals surface area contributed by atoms with Crippen LogP contribution in [0.25, 0.3) is 0 Å². The van der Waals surface area contributed by atoms with Crippen LogP contribution in [0.1, 0.15) is 50.8 Å². The van der Waals surface area contributed by atoms with E-state index in [-0.39, 0.29) is 5.91 Å². The monoisotopic (exact) mass is 324 g/mol. The molecule has 1 aromatic carbocycles. The fourth-order valence-electron chi connectivity index (χ4n) is 3.02. The molecule has 3 rings (SSSR count). The molecule has 0 saturated carbocycles. The van der Waals surface area contributed by atoms with Gasteiger partial charge in [0.15, 0.2) is 0 Å². The molecular formula is C19H20N2OS. The van der Waals surface area contributed by atoms with Crippen LogP contribution < -0.4 is 5.32 Å². The lowest BCUT2D eigenvalue weighted by Gasteiger charge is -2.17. The molecule has 1 atom stereocenters. The summed E-state index contributed by atoms with van der Waals surface area (Å²) in [5.41, 5.74) is 4.70. The maximum absolute atomic E-state index is 12.5. The van der Waals surface area contributed by atoms with E-state index < -0.39 is 0 Å². The van der Waals surface area contributed by atoms with Gasteiger partial charge in [-0.2, -0.15) is 5.26 Å². The van der Waals surface area contributed by atoms with E-state index in [9.17, 15) is 10.1 Å². The number of nitrogens with zero attached hydrogens (tertiary/aromatic N) is 1. The highest BCUT2D eigenvalue weighted by molar-refractivity contribution is 7.16. The summed E-state index contributed by atoms with van der Waals surface area (Å²) in [5.74, 6) is 0.507. The van der Waals surface area contributed by atoms with Gasteiger partial charge in [0, 0.05) is 10.4 Å². The Kier molecular flexibility index (Phi) is 4.23. The minimum absolute atomic E-state index is 0.142. The van der Waals surface area contributed by atoms with Crippen LogP contribution in [0.5, 0.6) is 0 Å². The highest BCUT2D eigenvalue weighted by atomic mass is 32.1. The second-order valence-electron chi connectivity index (χ2n) is 6.42. The number of anilines is 1. The van der Waals surface area contributed by atoms with Gasteiger partial charge in [0.05, 0.1) is 5.56 Å². The van der Waals surface area contributed by atoms with Crippen molar-refractivity contribution < 1.29 is 4.79 Å². The van der Waals surface area contributed by atoms with E-state index in [1.807, 2.05) is 32.0 Å². The summed E-state index contributed by atoms with van der Waals surface area (Å²) in [6, 6.07) is 7.97. The van der Waals surface area contributed by atoms with Gasteiger partial charge in [0.2, 0.25) is 0 Å². The summed E-state index contributed by atoms with van der Waals surface area (Å²) in [5, 5.41) is 13.2. The van der Waals surface area contributed by atoms with E-state index in [0.29, 0.717) is 22.0 Å². The molecule has 0 radical (unpaired) electrons. The van der Waals surface area contributed by atoms with Gasteiger partial charge in [-0.15, -0.1) is 11.3 Å². The van der Waals surface area contributed by atoms with Crippen LogP contribution in [0.2, 0.25) is 0 Å². The molecule has 0 spiro atoms. The molecule has 1 heterocycles. The molecule has 2 aromatic rings. The lowest BCUT2D eigenvalue weighted by Crippen LogP contribution is -2.12. The summed E-state index contributed by atoms with van der Waals surface area (Å²) in [6.45, 7) is 6.26. The zero-order valence-electron chi connectivity index (χ0n) is 13.7. The highest BCUT2D eigenvalue weighted by Crippen LogP contribution is 2.39. The van der Waals surface area contributed by atoms with E-state index in [1.165, 1.54) is 10.4 Å². The largest absolute Gasteiger partial charge is 0.312 e. The molecule has 23 heavy (non-hydrogen) atoms. The molecule has 0 bridgehead atoms. The lowest BCUT2D eigenvalue weighted by molar-refractivity contribution is 0.102. The van der Waals surface area contributed by atoms with Gasteiger partial charge >= 0.3 is 0 Å². The molecule has 0 saturated heterocycles. The summed E-state index contributed by atoms with van der Waals surface area (Å²) < 4.78 is 0. The summed E-state index contributed by atoms with van der Waals surface area (Å²) in [7, 11) is 0. The van der Waals surface area contributed by atoms with Gasteiger partial charge in [0.25, 0.3) is 5.91 Å². The van der Waals surface area contributed by atoms with Crippen LogP contribution in [0, 0.1) is 31.1 Å². The minimum Gasteiger partial charge on any atom is -0.312 e. The predicted molar refractivity (Wildman–Crippen MR) is 94.1 cm³/mol. The quantitative estimate of drug-likeness (QED) is 0.876. The number of nitrogens with one attached hydrogen (secondary N) is 1. The molecule has 4 heteroatoms. The summed E-state index contributed by atoms with van der Waals surface area (Å²) in [4.78, 5) is 13.8. The Morgan fingerprint density at radius 2 is 2.13 bits per heavy atom. The molecule has 1 amide bonds. The Hall–Kier alpha value is -2.12. The molecule has 0 unspecified atom stereocenters. The van der Waals surface area contributed by atoms with Gasteiger partial charge in [0.1, 0.15) is 11.1 Å². The third-order valence-electron chi connectivity index (χ3n) is 4.62. The van der Waals surface area contributed by atoms with Gasteiger partial charge in [-0.25, -0.2) is 0 Å². The molecule has 0 aliphatic heterocycles. The molecule has 1 N–H and O–H groups in total. The smallest absolute Gasteiger partial charge is 0.256 e. The number of hydrogen-bond donors (Lipinski definition) is 1. The fourth-order valence-corrected chi connectivity index (χ4v) is 4.37. The first-order valence-electron chi connectivity index (χ1n) is 7.92. The molecule has 0 fully saturated rings. The Balaban J connectivity index is 1.89. The maximum Gasteiger partial charge on any atom is 0.256 e. The van der Waals surface area contributed by atoms with Crippen molar-refractivity contribution in [1.29, 1.82) is 5.26 Å². The SMILES string of the molecule is Cc1ccc(C(=O)Nc2sc3c(c2C#N)CC[C@@H](C)C3)cc1C. The van der Waals surface area contributed by atoms with Crippen LogP contribution in [-0.4, -0.2) is 5.91 Å². The molecule has 1 aromatic heterocycles. The van der Waals surface area contributed by atoms with Crippen molar-refractivity contribution in [3.63, 3.8) is 0 Å². The topological polar surface area (TPSA) is 52.9 Å². The maximum atomic E-state index is 12.5. The number of benzene rings is 1. The first-order chi connectivity index (χ1) is 11.0. The number of fused-ring (bicyclic) bond motifs is 1. The molecular weight excluding hydrogens is 304 g/mol. The normalized spacial score (nSPS) is 16.5. The number of rotatable bonds is 2. The van der Waals surface area contributed by atoms with Gasteiger partial charge in [-0.05, 0) is 67.9 Å². The second-order valence-corrected chi connectivity index (χ2v) is 7.53. The number of aryl methyl sites for hydroxylation is 2. The fraction of sp³-hybridized carbons (Fsp3) is 0.368. The third-order valence-corrected chi connectivity index (χ3v) is 5.79. The lowest BCUT2D eigenvalue weighted by atomic mass is 9.88. The van der Waals surface area contributed by atoms with Crippen molar-refractivity contribution >= 4 is 22.2 Å².